The molecule has 0 aliphatic carbocycles. The Kier molecular flexibility index (Phi) is 3.87. The minimum atomic E-state index is -0.886. The molecule has 1 fully saturated rings. The van der Waals surface area contributed by atoms with Crippen molar-refractivity contribution in [3.05, 3.63) is 35.6 Å². The van der Waals surface area contributed by atoms with Crippen LogP contribution in [0.1, 0.15) is 31.9 Å². The Morgan fingerprint density at radius 3 is 2.68 bits per heavy atom. The highest BCUT2D eigenvalue weighted by Crippen LogP contribution is 2.34. The van der Waals surface area contributed by atoms with E-state index in [9.17, 15) is 14.3 Å². The molecule has 0 aromatic heterocycles. The summed E-state index contributed by atoms with van der Waals surface area (Å²) in [6, 6.07) is 5.82. The van der Waals surface area contributed by atoms with Gasteiger partial charge in [0.1, 0.15) is 5.82 Å². The van der Waals surface area contributed by atoms with Crippen LogP contribution in [0.3, 0.4) is 0 Å². The zero-order valence-electron chi connectivity index (χ0n) is 11.1. The van der Waals surface area contributed by atoms with Crippen molar-refractivity contribution < 1.29 is 19.1 Å². The molecule has 19 heavy (non-hydrogen) atoms. The Hall–Kier alpha value is -1.46. The van der Waals surface area contributed by atoms with Crippen LogP contribution in [0, 0.1) is 11.2 Å². The number of benzene rings is 1. The number of hydrogen-bond acceptors (Lipinski definition) is 3. The van der Waals surface area contributed by atoms with Gasteiger partial charge in [-0.05, 0) is 31.5 Å². The van der Waals surface area contributed by atoms with Crippen LogP contribution in [-0.2, 0) is 9.63 Å². The van der Waals surface area contributed by atoms with Crippen molar-refractivity contribution in [3.63, 3.8) is 0 Å². The van der Waals surface area contributed by atoms with Crippen molar-refractivity contribution in [1.82, 2.24) is 5.06 Å². The molecular weight excluding hydrogens is 249 g/mol. The van der Waals surface area contributed by atoms with Crippen LogP contribution >= 0.6 is 0 Å². The fourth-order valence-electron chi connectivity index (χ4n) is 2.02. The summed E-state index contributed by atoms with van der Waals surface area (Å²) in [6.45, 7) is 3.52. The second kappa shape index (κ2) is 5.27. The Morgan fingerprint density at radius 1 is 1.47 bits per heavy atom. The molecule has 2 rings (SSSR count). The van der Waals surface area contributed by atoms with Crippen molar-refractivity contribution in [2.24, 2.45) is 5.41 Å². The standard InChI is InChI=1S/C14H18FNO3/c1-14(2,9-17)13(18)16-12(7-8-19-16)10-3-5-11(15)6-4-10/h3-6,12,17H,7-9H2,1-2H3/t12-/m0/s1. The molecule has 1 N–H and O–H groups in total. The van der Waals surface area contributed by atoms with E-state index < -0.39 is 5.41 Å². The first kappa shape index (κ1) is 14.0. The topological polar surface area (TPSA) is 49.8 Å². The molecule has 0 spiro atoms. The Bertz CT molecular complexity index is 458. The summed E-state index contributed by atoms with van der Waals surface area (Å²) >= 11 is 0. The summed E-state index contributed by atoms with van der Waals surface area (Å²) in [5.41, 5.74) is -0.0520. The zero-order valence-corrected chi connectivity index (χ0v) is 11.1. The molecule has 104 valence electrons. The third-order valence-electron chi connectivity index (χ3n) is 3.33. The summed E-state index contributed by atoms with van der Waals surface area (Å²) in [4.78, 5) is 17.7. The lowest BCUT2D eigenvalue weighted by Crippen LogP contribution is -2.41. The molecule has 1 aliphatic heterocycles. The fraction of sp³-hybridized carbons (Fsp3) is 0.500. The molecule has 1 aliphatic rings. The Morgan fingerprint density at radius 2 is 2.11 bits per heavy atom. The largest absolute Gasteiger partial charge is 0.395 e. The monoisotopic (exact) mass is 267 g/mol. The van der Waals surface area contributed by atoms with Crippen molar-refractivity contribution in [1.29, 1.82) is 0 Å². The minimum absolute atomic E-state index is 0.223. The molecule has 1 aromatic carbocycles. The number of carbonyl (C=O) groups excluding carboxylic acids is 1. The molecule has 0 saturated carbocycles. The normalized spacial score (nSPS) is 19.8. The number of aliphatic hydroxyl groups is 1. The average molecular weight is 267 g/mol. The number of carbonyl (C=O) groups is 1. The number of rotatable bonds is 3. The van der Waals surface area contributed by atoms with Gasteiger partial charge in [0.25, 0.3) is 5.91 Å². The summed E-state index contributed by atoms with van der Waals surface area (Å²) in [5.74, 6) is -0.571. The van der Waals surface area contributed by atoms with E-state index in [1.807, 2.05) is 0 Å². The third kappa shape index (κ3) is 2.77. The van der Waals surface area contributed by atoms with Gasteiger partial charge in [-0.25, -0.2) is 9.45 Å². The molecule has 1 aromatic rings. The van der Waals surface area contributed by atoms with E-state index in [1.165, 1.54) is 17.2 Å². The van der Waals surface area contributed by atoms with E-state index in [0.29, 0.717) is 13.0 Å². The number of hydrogen-bond donors (Lipinski definition) is 1. The maximum atomic E-state index is 12.9. The lowest BCUT2D eigenvalue weighted by molar-refractivity contribution is -0.188. The number of halogens is 1. The first-order valence-electron chi connectivity index (χ1n) is 6.28. The molecule has 4 nitrogen and oxygen atoms in total. The minimum Gasteiger partial charge on any atom is -0.395 e. The molecule has 0 bridgehead atoms. The summed E-state index contributed by atoms with van der Waals surface area (Å²) in [5, 5.41) is 10.6. The third-order valence-corrected chi connectivity index (χ3v) is 3.33. The van der Waals surface area contributed by atoms with Crippen LogP contribution < -0.4 is 0 Å². The van der Waals surface area contributed by atoms with Crippen LogP contribution in [0.15, 0.2) is 24.3 Å². The number of amides is 1. The van der Waals surface area contributed by atoms with E-state index in [-0.39, 0.29) is 24.4 Å². The van der Waals surface area contributed by atoms with Crippen LogP contribution in [0.2, 0.25) is 0 Å². The van der Waals surface area contributed by atoms with Crippen LogP contribution in [0.4, 0.5) is 4.39 Å². The van der Waals surface area contributed by atoms with Gasteiger partial charge in [0, 0.05) is 6.42 Å². The van der Waals surface area contributed by atoms with Gasteiger partial charge in [-0.15, -0.1) is 0 Å². The van der Waals surface area contributed by atoms with E-state index in [0.717, 1.165) is 5.56 Å². The molecule has 0 unspecified atom stereocenters. The van der Waals surface area contributed by atoms with Gasteiger partial charge in [0.2, 0.25) is 0 Å². The highest BCUT2D eigenvalue weighted by molar-refractivity contribution is 5.81. The zero-order chi connectivity index (χ0) is 14.0. The maximum absolute atomic E-state index is 12.9. The van der Waals surface area contributed by atoms with Gasteiger partial charge < -0.3 is 5.11 Å². The highest BCUT2D eigenvalue weighted by atomic mass is 19.1. The van der Waals surface area contributed by atoms with Crippen LogP contribution in [0.5, 0.6) is 0 Å². The molecule has 0 radical (unpaired) electrons. The van der Waals surface area contributed by atoms with Gasteiger partial charge in [-0.1, -0.05) is 12.1 Å². The predicted molar refractivity (Wildman–Crippen MR) is 67.4 cm³/mol. The lowest BCUT2D eigenvalue weighted by Gasteiger charge is -2.30. The smallest absolute Gasteiger partial charge is 0.254 e. The SMILES string of the molecule is CC(C)(CO)C(=O)N1OCC[C@H]1c1ccc(F)cc1. The molecule has 1 heterocycles. The van der Waals surface area contributed by atoms with Gasteiger partial charge in [-0.2, -0.15) is 0 Å². The lowest BCUT2D eigenvalue weighted by atomic mass is 9.92. The summed E-state index contributed by atoms with van der Waals surface area (Å²) in [7, 11) is 0. The molecular formula is C14H18FNO3. The maximum Gasteiger partial charge on any atom is 0.254 e. The van der Waals surface area contributed by atoms with Gasteiger partial charge in [0.15, 0.2) is 0 Å². The van der Waals surface area contributed by atoms with Gasteiger partial charge >= 0.3 is 0 Å². The fourth-order valence-corrected chi connectivity index (χ4v) is 2.02. The Labute approximate surface area is 111 Å². The van der Waals surface area contributed by atoms with E-state index >= 15 is 0 Å². The molecule has 1 amide bonds. The van der Waals surface area contributed by atoms with Crippen LogP contribution in [-0.4, -0.2) is 29.3 Å². The average Bonchev–Trinajstić information content (AvgIpc) is 2.87. The number of nitrogens with zero attached hydrogens (tertiary/aromatic N) is 1. The van der Waals surface area contributed by atoms with E-state index in [1.54, 1.807) is 26.0 Å². The second-order valence-corrected chi connectivity index (χ2v) is 5.36. The van der Waals surface area contributed by atoms with Crippen molar-refractivity contribution >= 4 is 5.91 Å². The highest BCUT2D eigenvalue weighted by Gasteiger charge is 2.39. The molecule has 1 atom stereocenters. The first-order valence-corrected chi connectivity index (χ1v) is 6.28. The number of aliphatic hydroxyl groups excluding tert-OH is 1. The van der Waals surface area contributed by atoms with Crippen LogP contribution in [0.25, 0.3) is 0 Å². The summed E-state index contributed by atoms with van der Waals surface area (Å²) < 4.78 is 12.9. The molecule has 1 saturated heterocycles. The predicted octanol–water partition coefficient (Wildman–Crippen LogP) is 2.05. The molecule has 5 heteroatoms. The second-order valence-electron chi connectivity index (χ2n) is 5.36. The van der Waals surface area contributed by atoms with E-state index in [4.69, 9.17) is 4.84 Å². The Balaban J connectivity index is 2.22. The number of hydroxylamine groups is 2. The van der Waals surface area contributed by atoms with Crippen molar-refractivity contribution in [2.75, 3.05) is 13.2 Å². The van der Waals surface area contributed by atoms with Crippen molar-refractivity contribution in [3.8, 4) is 0 Å². The first-order chi connectivity index (χ1) is 8.95. The van der Waals surface area contributed by atoms with Gasteiger partial charge in [-0.3, -0.25) is 9.63 Å². The van der Waals surface area contributed by atoms with E-state index in [2.05, 4.69) is 0 Å². The van der Waals surface area contributed by atoms with Gasteiger partial charge in [0.05, 0.1) is 24.7 Å². The quantitative estimate of drug-likeness (QED) is 0.912. The van der Waals surface area contributed by atoms with Crippen molar-refractivity contribution in [2.45, 2.75) is 26.3 Å². The summed E-state index contributed by atoms with van der Waals surface area (Å²) in [6.07, 6.45) is 0.666.